The zero-order valence-electron chi connectivity index (χ0n) is 21.2. The molecule has 1 aromatic carbocycles. The highest BCUT2D eigenvalue weighted by Gasteiger charge is 2.25. The van der Waals surface area contributed by atoms with E-state index in [1.165, 1.54) is 66.8 Å². The highest BCUT2D eigenvalue weighted by Crippen LogP contribution is 2.33. The van der Waals surface area contributed by atoms with E-state index in [1.54, 1.807) is 11.3 Å². The summed E-state index contributed by atoms with van der Waals surface area (Å²) >= 11 is 1.66. The van der Waals surface area contributed by atoms with Crippen molar-refractivity contribution in [2.45, 2.75) is 51.0 Å². The molecule has 3 aliphatic rings. The average molecular weight is 493 g/mol. The summed E-state index contributed by atoms with van der Waals surface area (Å²) in [4.78, 5) is 21.3. The maximum absolute atomic E-state index is 12.6. The Morgan fingerprint density at radius 3 is 2.40 bits per heavy atom. The third kappa shape index (κ3) is 6.62. The van der Waals surface area contributed by atoms with Gasteiger partial charge in [-0.1, -0.05) is 36.8 Å². The molecule has 0 atom stereocenters. The molecule has 6 heteroatoms. The van der Waals surface area contributed by atoms with Crippen LogP contribution < -0.4 is 5.32 Å². The highest BCUT2D eigenvalue weighted by molar-refractivity contribution is 7.19. The standard InChI is InChI=1S/C29H40N4OS/c1-31-18-11-24(12-19-31)23-5-7-25(8-6-23)27-9-10-29(35-27)30-28(34)15-22-32-20-13-26(14-21-32)33-16-3-2-4-17-33/h5-11,26H,2-4,12-22H2,1H3,(H,30,34). The van der Waals surface area contributed by atoms with E-state index < -0.39 is 0 Å². The van der Waals surface area contributed by atoms with Gasteiger partial charge in [0.05, 0.1) is 5.00 Å². The molecule has 2 fully saturated rings. The van der Waals surface area contributed by atoms with Crippen LogP contribution in [0.2, 0.25) is 0 Å². The highest BCUT2D eigenvalue weighted by atomic mass is 32.1. The van der Waals surface area contributed by atoms with Crippen LogP contribution in [-0.4, -0.2) is 79.5 Å². The van der Waals surface area contributed by atoms with Gasteiger partial charge in [0.15, 0.2) is 0 Å². The number of carbonyl (C=O) groups excluding carboxylic acids is 1. The van der Waals surface area contributed by atoms with Crippen LogP contribution in [0.5, 0.6) is 0 Å². The largest absolute Gasteiger partial charge is 0.318 e. The molecule has 1 amide bonds. The summed E-state index contributed by atoms with van der Waals surface area (Å²) in [6.45, 7) is 7.85. The molecular formula is C29H40N4OS. The van der Waals surface area contributed by atoms with Gasteiger partial charge in [0, 0.05) is 37.0 Å². The predicted octanol–water partition coefficient (Wildman–Crippen LogP) is 5.41. The molecule has 3 aliphatic heterocycles. The number of piperidine rings is 2. The fraction of sp³-hybridized carbons (Fsp3) is 0.552. The van der Waals surface area contributed by atoms with E-state index in [0.29, 0.717) is 6.42 Å². The molecule has 1 aromatic heterocycles. The lowest BCUT2D eigenvalue weighted by Crippen LogP contribution is -2.47. The van der Waals surface area contributed by atoms with Crippen molar-refractivity contribution in [2.24, 2.45) is 0 Å². The second-order valence-electron chi connectivity index (χ2n) is 10.5. The molecule has 0 bridgehead atoms. The van der Waals surface area contributed by atoms with Gasteiger partial charge in [-0.25, -0.2) is 0 Å². The van der Waals surface area contributed by atoms with Crippen LogP contribution in [0.1, 0.15) is 50.5 Å². The Kier molecular flexibility index (Phi) is 8.35. The molecule has 188 valence electrons. The number of likely N-dealkylation sites (tertiary alicyclic amines) is 2. The number of anilines is 1. The summed E-state index contributed by atoms with van der Waals surface area (Å²) in [5.74, 6) is 0.126. The van der Waals surface area contributed by atoms with E-state index in [2.05, 4.69) is 63.5 Å². The Balaban J connectivity index is 1.06. The number of hydrogen-bond acceptors (Lipinski definition) is 5. The van der Waals surface area contributed by atoms with Crippen LogP contribution >= 0.6 is 11.3 Å². The normalized spacial score (nSPS) is 21.1. The van der Waals surface area contributed by atoms with Gasteiger partial charge in [-0.2, -0.15) is 0 Å². The minimum absolute atomic E-state index is 0.126. The van der Waals surface area contributed by atoms with E-state index in [0.717, 1.165) is 50.2 Å². The number of nitrogens with zero attached hydrogens (tertiary/aromatic N) is 3. The second-order valence-corrected chi connectivity index (χ2v) is 11.5. The zero-order valence-corrected chi connectivity index (χ0v) is 22.0. The molecule has 0 saturated carbocycles. The van der Waals surface area contributed by atoms with Gasteiger partial charge < -0.3 is 20.0 Å². The second kappa shape index (κ2) is 11.8. The van der Waals surface area contributed by atoms with Crippen molar-refractivity contribution in [3.05, 3.63) is 48.0 Å². The van der Waals surface area contributed by atoms with Crippen molar-refractivity contribution < 1.29 is 4.79 Å². The van der Waals surface area contributed by atoms with E-state index in [9.17, 15) is 4.79 Å². The van der Waals surface area contributed by atoms with Crippen LogP contribution in [0.4, 0.5) is 5.00 Å². The monoisotopic (exact) mass is 492 g/mol. The third-order valence-electron chi connectivity index (χ3n) is 7.94. The molecule has 0 spiro atoms. The van der Waals surface area contributed by atoms with E-state index in [-0.39, 0.29) is 5.91 Å². The molecule has 0 aliphatic carbocycles. The molecule has 2 saturated heterocycles. The molecule has 1 N–H and O–H groups in total. The smallest absolute Gasteiger partial charge is 0.226 e. The number of amides is 1. The number of nitrogens with one attached hydrogen (secondary N) is 1. The number of thiophene rings is 1. The lowest BCUT2D eigenvalue weighted by molar-refractivity contribution is -0.116. The maximum atomic E-state index is 12.6. The molecule has 4 heterocycles. The van der Waals surface area contributed by atoms with E-state index >= 15 is 0 Å². The summed E-state index contributed by atoms with van der Waals surface area (Å²) in [7, 11) is 2.17. The van der Waals surface area contributed by atoms with Gasteiger partial charge in [0.1, 0.15) is 0 Å². The Bertz CT molecular complexity index is 1000. The first kappa shape index (κ1) is 24.7. The van der Waals surface area contributed by atoms with Crippen LogP contribution in [0.15, 0.2) is 42.5 Å². The van der Waals surface area contributed by atoms with Gasteiger partial charge in [0.25, 0.3) is 0 Å². The fourth-order valence-corrected chi connectivity index (χ4v) is 6.62. The van der Waals surface area contributed by atoms with Crippen molar-refractivity contribution in [3.8, 4) is 10.4 Å². The van der Waals surface area contributed by atoms with Crippen LogP contribution in [0, 0.1) is 0 Å². The Morgan fingerprint density at radius 1 is 0.943 bits per heavy atom. The zero-order chi connectivity index (χ0) is 24.0. The van der Waals surface area contributed by atoms with Crippen LogP contribution in [-0.2, 0) is 4.79 Å². The number of carbonyl (C=O) groups is 1. The maximum Gasteiger partial charge on any atom is 0.226 e. The SMILES string of the molecule is CN1CC=C(c2ccc(-c3ccc(NC(=O)CCN4CCC(N5CCCCC5)CC4)s3)cc2)CC1. The molecule has 2 aromatic rings. The summed E-state index contributed by atoms with van der Waals surface area (Å²) < 4.78 is 0. The minimum atomic E-state index is 0.126. The van der Waals surface area contributed by atoms with Gasteiger partial charge in [-0.3, -0.25) is 4.79 Å². The van der Waals surface area contributed by atoms with Crippen molar-refractivity contribution in [2.75, 3.05) is 58.2 Å². The van der Waals surface area contributed by atoms with Gasteiger partial charge in [-0.05, 0) is 94.2 Å². The predicted molar refractivity (Wildman–Crippen MR) is 148 cm³/mol. The Labute approximate surface area is 214 Å². The number of rotatable bonds is 7. The van der Waals surface area contributed by atoms with Crippen LogP contribution in [0.3, 0.4) is 0 Å². The molecular weight excluding hydrogens is 452 g/mol. The quantitative estimate of drug-likeness (QED) is 0.561. The number of likely N-dealkylation sites (N-methyl/N-ethyl adjacent to an activating group) is 1. The average Bonchev–Trinajstić information content (AvgIpc) is 3.37. The van der Waals surface area contributed by atoms with Crippen molar-refractivity contribution >= 4 is 27.8 Å². The molecule has 5 nitrogen and oxygen atoms in total. The Morgan fingerprint density at radius 2 is 1.69 bits per heavy atom. The summed E-state index contributed by atoms with van der Waals surface area (Å²) in [6, 6.07) is 13.8. The minimum Gasteiger partial charge on any atom is -0.318 e. The third-order valence-corrected chi connectivity index (χ3v) is 8.99. The molecule has 5 rings (SSSR count). The first-order chi connectivity index (χ1) is 17.1. The summed E-state index contributed by atoms with van der Waals surface area (Å²) in [5, 5.41) is 4.07. The van der Waals surface area contributed by atoms with Crippen molar-refractivity contribution in [3.63, 3.8) is 0 Å². The molecule has 35 heavy (non-hydrogen) atoms. The lowest BCUT2D eigenvalue weighted by atomic mass is 9.98. The van der Waals surface area contributed by atoms with Gasteiger partial charge in [-0.15, -0.1) is 11.3 Å². The van der Waals surface area contributed by atoms with E-state index in [4.69, 9.17) is 0 Å². The Hall–Kier alpha value is -1.99. The lowest BCUT2D eigenvalue weighted by Gasteiger charge is -2.40. The summed E-state index contributed by atoms with van der Waals surface area (Å²) in [5.41, 5.74) is 3.99. The summed E-state index contributed by atoms with van der Waals surface area (Å²) in [6.07, 6.45) is 10.7. The van der Waals surface area contributed by atoms with E-state index in [1.807, 2.05) is 6.07 Å². The van der Waals surface area contributed by atoms with Crippen molar-refractivity contribution in [1.82, 2.24) is 14.7 Å². The molecule has 0 radical (unpaired) electrons. The first-order valence-electron chi connectivity index (χ1n) is 13.5. The van der Waals surface area contributed by atoms with Crippen LogP contribution in [0.25, 0.3) is 16.0 Å². The van der Waals surface area contributed by atoms with Gasteiger partial charge in [0.2, 0.25) is 5.91 Å². The van der Waals surface area contributed by atoms with Gasteiger partial charge >= 0.3 is 0 Å². The fourth-order valence-electron chi connectivity index (χ4n) is 5.69. The number of hydrogen-bond donors (Lipinski definition) is 1. The topological polar surface area (TPSA) is 38.8 Å². The van der Waals surface area contributed by atoms with Crippen molar-refractivity contribution in [1.29, 1.82) is 0 Å². The number of benzene rings is 1. The first-order valence-corrected chi connectivity index (χ1v) is 14.3. The molecule has 0 unspecified atom stereocenters.